The van der Waals surface area contributed by atoms with Crippen LogP contribution in [0.3, 0.4) is 0 Å². The van der Waals surface area contributed by atoms with Gasteiger partial charge < -0.3 is 10.6 Å². The Morgan fingerprint density at radius 1 is 1.44 bits per heavy atom. The molecule has 0 aliphatic carbocycles. The molecule has 1 atom stereocenters. The number of carbonyl (C=O) groups is 2. The molecule has 0 radical (unpaired) electrons. The number of amides is 3. The lowest BCUT2D eigenvalue weighted by atomic mass is 10.3. The molecule has 1 aromatic heterocycles. The van der Waals surface area contributed by atoms with E-state index in [0.717, 1.165) is 4.88 Å². The van der Waals surface area contributed by atoms with Crippen LogP contribution in [0.25, 0.3) is 0 Å². The molecule has 3 amide bonds. The molecule has 100 valence electrons. The second-order valence-corrected chi connectivity index (χ2v) is 5.40. The maximum absolute atomic E-state index is 11.4. The van der Waals surface area contributed by atoms with E-state index in [2.05, 4.69) is 16.0 Å². The van der Waals surface area contributed by atoms with E-state index in [1.807, 2.05) is 19.1 Å². The Morgan fingerprint density at radius 2 is 2.17 bits per heavy atom. The molecule has 0 saturated heterocycles. The van der Waals surface area contributed by atoms with Crippen LogP contribution in [0.1, 0.15) is 24.8 Å². The highest BCUT2D eigenvalue weighted by molar-refractivity contribution is 7.16. The summed E-state index contributed by atoms with van der Waals surface area (Å²) < 4.78 is 0.713. The average molecular weight is 290 g/mol. The van der Waals surface area contributed by atoms with Crippen molar-refractivity contribution in [1.82, 2.24) is 16.0 Å². The number of carbonyl (C=O) groups excluding carboxylic acids is 2. The SMILES string of the molecule is CCNC(=O)NC(=O)CN[C@@H](C)c1ccc(Cl)s1. The Kier molecular flexibility index (Phi) is 6.11. The molecule has 0 aromatic carbocycles. The summed E-state index contributed by atoms with van der Waals surface area (Å²) in [6, 6.07) is 3.26. The fourth-order valence-corrected chi connectivity index (χ4v) is 2.37. The zero-order valence-electron chi connectivity index (χ0n) is 10.2. The molecule has 0 aliphatic rings. The molecular weight excluding hydrogens is 274 g/mol. The standard InChI is InChI=1S/C11H16ClN3O2S/c1-3-13-11(17)15-10(16)6-14-7(2)8-4-5-9(12)18-8/h4-5,7,14H,3,6H2,1-2H3,(H2,13,15,16,17)/t7-/m0/s1. The normalized spacial score (nSPS) is 11.9. The van der Waals surface area contributed by atoms with Crippen molar-refractivity contribution < 1.29 is 9.59 Å². The Bertz CT molecular complexity index is 422. The minimum Gasteiger partial charge on any atom is -0.338 e. The Labute approximate surface area is 115 Å². The van der Waals surface area contributed by atoms with E-state index in [1.165, 1.54) is 11.3 Å². The molecule has 0 aliphatic heterocycles. The lowest BCUT2D eigenvalue weighted by Crippen LogP contribution is -2.43. The summed E-state index contributed by atoms with van der Waals surface area (Å²) in [4.78, 5) is 23.5. The summed E-state index contributed by atoms with van der Waals surface area (Å²) in [6.07, 6.45) is 0. The molecule has 1 rings (SSSR count). The third-order valence-electron chi connectivity index (χ3n) is 2.18. The smallest absolute Gasteiger partial charge is 0.321 e. The summed E-state index contributed by atoms with van der Waals surface area (Å²) >= 11 is 7.29. The number of hydrogen-bond acceptors (Lipinski definition) is 4. The van der Waals surface area contributed by atoms with Gasteiger partial charge in [0.25, 0.3) is 0 Å². The van der Waals surface area contributed by atoms with Crippen LogP contribution in [0.15, 0.2) is 12.1 Å². The van der Waals surface area contributed by atoms with Crippen LogP contribution in [0.5, 0.6) is 0 Å². The Hall–Kier alpha value is -1.11. The topological polar surface area (TPSA) is 70.2 Å². The zero-order chi connectivity index (χ0) is 13.5. The van der Waals surface area contributed by atoms with E-state index >= 15 is 0 Å². The first-order valence-corrected chi connectivity index (χ1v) is 6.78. The summed E-state index contributed by atoms with van der Waals surface area (Å²) in [5, 5.41) is 7.72. The number of hydrogen-bond donors (Lipinski definition) is 3. The van der Waals surface area contributed by atoms with Gasteiger partial charge in [-0.15, -0.1) is 11.3 Å². The first kappa shape index (κ1) is 14.9. The third kappa shape index (κ3) is 5.03. The molecule has 3 N–H and O–H groups in total. The van der Waals surface area contributed by atoms with Gasteiger partial charge in [-0.3, -0.25) is 10.1 Å². The van der Waals surface area contributed by atoms with Crippen molar-refractivity contribution in [3.8, 4) is 0 Å². The van der Waals surface area contributed by atoms with Crippen LogP contribution in [0.2, 0.25) is 4.34 Å². The highest BCUT2D eigenvalue weighted by Gasteiger charge is 2.11. The minimum absolute atomic E-state index is 0.0162. The van der Waals surface area contributed by atoms with E-state index in [0.29, 0.717) is 10.9 Å². The highest BCUT2D eigenvalue weighted by Crippen LogP contribution is 2.26. The second kappa shape index (κ2) is 7.35. The maximum Gasteiger partial charge on any atom is 0.321 e. The van der Waals surface area contributed by atoms with E-state index in [9.17, 15) is 9.59 Å². The quantitative estimate of drug-likeness (QED) is 0.775. The number of rotatable bonds is 5. The molecule has 0 fully saturated rings. The molecule has 0 unspecified atom stereocenters. The van der Waals surface area contributed by atoms with Crippen molar-refractivity contribution in [3.05, 3.63) is 21.3 Å². The zero-order valence-corrected chi connectivity index (χ0v) is 11.8. The van der Waals surface area contributed by atoms with Gasteiger partial charge in [-0.05, 0) is 26.0 Å². The van der Waals surface area contributed by atoms with Crippen LogP contribution in [0, 0.1) is 0 Å². The lowest BCUT2D eigenvalue weighted by molar-refractivity contribution is -0.119. The minimum atomic E-state index is -0.476. The molecule has 0 spiro atoms. The van der Waals surface area contributed by atoms with Gasteiger partial charge in [0, 0.05) is 17.5 Å². The van der Waals surface area contributed by atoms with Crippen molar-refractivity contribution in [2.45, 2.75) is 19.9 Å². The Morgan fingerprint density at radius 3 is 2.72 bits per heavy atom. The molecule has 1 aromatic rings. The van der Waals surface area contributed by atoms with Crippen LogP contribution >= 0.6 is 22.9 Å². The molecular formula is C11H16ClN3O2S. The van der Waals surface area contributed by atoms with Crippen LogP contribution < -0.4 is 16.0 Å². The summed E-state index contributed by atoms with van der Waals surface area (Å²) in [6.45, 7) is 4.27. The number of halogens is 1. The average Bonchev–Trinajstić information content (AvgIpc) is 2.73. The van der Waals surface area contributed by atoms with Crippen molar-refractivity contribution in [1.29, 1.82) is 0 Å². The van der Waals surface area contributed by atoms with Crippen LogP contribution in [0.4, 0.5) is 4.79 Å². The van der Waals surface area contributed by atoms with Gasteiger partial charge in [-0.25, -0.2) is 4.79 Å². The first-order chi connectivity index (χ1) is 8.52. The van der Waals surface area contributed by atoms with Gasteiger partial charge >= 0.3 is 6.03 Å². The highest BCUT2D eigenvalue weighted by atomic mass is 35.5. The molecule has 5 nitrogen and oxygen atoms in total. The summed E-state index contributed by atoms with van der Waals surface area (Å²) in [7, 11) is 0. The van der Waals surface area contributed by atoms with Crippen LogP contribution in [-0.4, -0.2) is 25.0 Å². The van der Waals surface area contributed by atoms with Gasteiger partial charge in [0.15, 0.2) is 0 Å². The molecule has 7 heteroatoms. The number of thiophene rings is 1. The molecule has 0 saturated carbocycles. The predicted octanol–water partition coefficient (Wildman–Crippen LogP) is 1.90. The number of urea groups is 1. The van der Waals surface area contributed by atoms with Crippen molar-refractivity contribution in [2.75, 3.05) is 13.1 Å². The number of nitrogens with one attached hydrogen (secondary N) is 3. The monoisotopic (exact) mass is 289 g/mol. The fourth-order valence-electron chi connectivity index (χ4n) is 1.28. The van der Waals surface area contributed by atoms with Crippen molar-refractivity contribution >= 4 is 34.9 Å². The fraction of sp³-hybridized carbons (Fsp3) is 0.455. The van der Waals surface area contributed by atoms with Gasteiger partial charge in [0.2, 0.25) is 5.91 Å². The van der Waals surface area contributed by atoms with E-state index < -0.39 is 6.03 Å². The second-order valence-electron chi connectivity index (χ2n) is 3.65. The molecule has 0 bridgehead atoms. The van der Waals surface area contributed by atoms with Gasteiger partial charge in [0.05, 0.1) is 10.9 Å². The number of imide groups is 1. The molecule has 1 heterocycles. The van der Waals surface area contributed by atoms with E-state index in [1.54, 1.807) is 6.92 Å². The maximum atomic E-state index is 11.4. The van der Waals surface area contributed by atoms with E-state index in [4.69, 9.17) is 11.6 Å². The predicted molar refractivity (Wildman–Crippen MR) is 73.0 cm³/mol. The lowest BCUT2D eigenvalue weighted by Gasteiger charge is -2.11. The van der Waals surface area contributed by atoms with Gasteiger partial charge in [-0.2, -0.15) is 0 Å². The Balaban J connectivity index is 2.32. The largest absolute Gasteiger partial charge is 0.338 e. The van der Waals surface area contributed by atoms with E-state index in [-0.39, 0.29) is 18.5 Å². The third-order valence-corrected chi connectivity index (χ3v) is 3.59. The first-order valence-electron chi connectivity index (χ1n) is 5.59. The van der Waals surface area contributed by atoms with Crippen molar-refractivity contribution in [2.24, 2.45) is 0 Å². The van der Waals surface area contributed by atoms with Crippen molar-refractivity contribution in [3.63, 3.8) is 0 Å². The summed E-state index contributed by atoms with van der Waals surface area (Å²) in [5.74, 6) is -0.365. The summed E-state index contributed by atoms with van der Waals surface area (Å²) in [5.41, 5.74) is 0. The van der Waals surface area contributed by atoms with Gasteiger partial charge in [-0.1, -0.05) is 11.6 Å². The van der Waals surface area contributed by atoms with Gasteiger partial charge in [0.1, 0.15) is 0 Å². The van der Waals surface area contributed by atoms with Crippen LogP contribution in [-0.2, 0) is 4.79 Å². The molecule has 18 heavy (non-hydrogen) atoms.